The minimum atomic E-state index is -3.61. The van der Waals surface area contributed by atoms with Crippen LogP contribution in [0.15, 0.2) is 77.2 Å². The minimum Gasteiger partial charge on any atom is -0.390 e. The second-order valence-corrected chi connectivity index (χ2v) is 16.9. The topological polar surface area (TPSA) is 74.6 Å². The van der Waals surface area contributed by atoms with E-state index in [2.05, 4.69) is 19.9 Å². The second kappa shape index (κ2) is 10.6. The van der Waals surface area contributed by atoms with Gasteiger partial charge in [-0.15, -0.1) is 0 Å². The van der Waals surface area contributed by atoms with Crippen LogP contribution in [-0.4, -0.2) is 29.5 Å². The van der Waals surface area contributed by atoms with Crippen LogP contribution in [-0.2, 0) is 9.84 Å². The number of fused-ring (bicyclic) bond motifs is 5. The van der Waals surface area contributed by atoms with Crippen molar-refractivity contribution in [2.45, 2.75) is 107 Å². The van der Waals surface area contributed by atoms with Gasteiger partial charge in [0.15, 0.2) is 9.84 Å². The molecule has 4 aliphatic rings. The van der Waals surface area contributed by atoms with Gasteiger partial charge in [0.05, 0.1) is 21.9 Å². The lowest BCUT2D eigenvalue weighted by Crippen LogP contribution is -2.51. The molecule has 2 aromatic rings. The Morgan fingerprint density at radius 1 is 0.878 bits per heavy atom. The molecule has 0 amide bonds. The standard InChI is InChI=1S/C36H48O4S/c1-34(38)20-21-36(3)27(24-34)14-16-30-31-17-15-26(35(31,2)19-18-32(30)36)22-29(23-33(37)25-10-6-4-7-11-25)41(39,40)28-12-8-5-9-13-28/h4-14,26,29-33,37-38H,15-24H2,1-3H3/t26-,29?,30?,31?,32?,33?,34+,35?,36?/m1/s1. The first-order chi connectivity index (χ1) is 19.4. The van der Waals surface area contributed by atoms with E-state index in [1.165, 1.54) is 18.4 Å². The van der Waals surface area contributed by atoms with Crippen molar-refractivity contribution in [1.82, 2.24) is 0 Å². The van der Waals surface area contributed by atoms with E-state index >= 15 is 0 Å². The molecule has 0 saturated heterocycles. The lowest BCUT2D eigenvalue weighted by atomic mass is 9.46. The van der Waals surface area contributed by atoms with Gasteiger partial charge in [0.2, 0.25) is 0 Å². The van der Waals surface area contributed by atoms with Crippen LogP contribution in [0.4, 0.5) is 0 Å². The van der Waals surface area contributed by atoms with Gasteiger partial charge in [-0.3, -0.25) is 0 Å². The number of aliphatic hydroxyl groups excluding tert-OH is 1. The van der Waals surface area contributed by atoms with Crippen molar-refractivity contribution in [3.63, 3.8) is 0 Å². The SMILES string of the molecule is CC12CC[C@](C)(O)CC1=CCC1C2CCC2(C)C1CC[C@@H]2CC(CC(O)c1ccccc1)S(=O)(=O)c1ccccc1. The van der Waals surface area contributed by atoms with Crippen LogP contribution in [0.25, 0.3) is 0 Å². The van der Waals surface area contributed by atoms with Gasteiger partial charge in [0, 0.05) is 0 Å². The highest BCUT2D eigenvalue weighted by Crippen LogP contribution is 2.67. The monoisotopic (exact) mass is 576 g/mol. The van der Waals surface area contributed by atoms with E-state index in [1.807, 2.05) is 43.3 Å². The molecule has 2 N–H and O–H groups in total. The van der Waals surface area contributed by atoms with Gasteiger partial charge in [0.25, 0.3) is 0 Å². The number of rotatable bonds is 7. The van der Waals surface area contributed by atoms with Gasteiger partial charge in [-0.25, -0.2) is 8.42 Å². The third-order valence-corrected chi connectivity index (χ3v) is 14.5. The fraction of sp³-hybridized carbons (Fsp3) is 0.611. The van der Waals surface area contributed by atoms with Crippen LogP contribution in [0.1, 0.15) is 96.6 Å². The molecule has 6 rings (SSSR count). The van der Waals surface area contributed by atoms with Crippen LogP contribution >= 0.6 is 0 Å². The highest BCUT2D eigenvalue weighted by atomic mass is 32.2. The zero-order chi connectivity index (χ0) is 29.0. The normalized spacial score (nSPS) is 38.2. The van der Waals surface area contributed by atoms with Crippen LogP contribution in [0.2, 0.25) is 0 Å². The number of hydrogen-bond acceptors (Lipinski definition) is 4. The summed E-state index contributed by atoms with van der Waals surface area (Å²) in [4.78, 5) is 0.361. The van der Waals surface area contributed by atoms with E-state index in [1.54, 1.807) is 24.3 Å². The molecule has 5 heteroatoms. The fourth-order valence-electron chi connectivity index (χ4n) is 9.83. The molecule has 3 fully saturated rings. The largest absolute Gasteiger partial charge is 0.390 e. The quantitative estimate of drug-likeness (QED) is 0.332. The smallest absolute Gasteiger partial charge is 0.181 e. The molecule has 0 spiro atoms. The molecule has 9 atom stereocenters. The van der Waals surface area contributed by atoms with Crippen molar-refractivity contribution in [3.8, 4) is 0 Å². The molecule has 2 aromatic carbocycles. The number of hydrogen-bond donors (Lipinski definition) is 2. The van der Waals surface area contributed by atoms with Crippen LogP contribution in [0.5, 0.6) is 0 Å². The summed E-state index contributed by atoms with van der Waals surface area (Å²) in [6, 6.07) is 18.4. The van der Waals surface area contributed by atoms with E-state index in [0.29, 0.717) is 35.0 Å². The third kappa shape index (κ3) is 5.14. The lowest BCUT2D eigenvalue weighted by molar-refractivity contribution is -0.0661. The molecular formula is C36H48O4S. The zero-order valence-electron chi connectivity index (χ0n) is 25.0. The average Bonchev–Trinajstić information content (AvgIpc) is 3.29. The number of allylic oxidation sites excluding steroid dienone is 1. The van der Waals surface area contributed by atoms with E-state index in [0.717, 1.165) is 44.1 Å². The Morgan fingerprint density at radius 3 is 2.27 bits per heavy atom. The Bertz CT molecular complexity index is 1370. The predicted octanol–water partition coefficient (Wildman–Crippen LogP) is 7.67. The Hall–Kier alpha value is -1.95. The summed E-state index contributed by atoms with van der Waals surface area (Å²) in [5, 5.41) is 21.4. The second-order valence-electron chi connectivity index (χ2n) is 14.6. The Labute approximate surface area is 247 Å². The highest BCUT2D eigenvalue weighted by molar-refractivity contribution is 7.92. The predicted molar refractivity (Wildman–Crippen MR) is 164 cm³/mol. The maximum atomic E-state index is 14.1. The first-order valence-corrected chi connectivity index (χ1v) is 17.4. The van der Waals surface area contributed by atoms with Gasteiger partial charge >= 0.3 is 0 Å². The average molecular weight is 577 g/mol. The molecule has 41 heavy (non-hydrogen) atoms. The van der Waals surface area contributed by atoms with E-state index in [-0.39, 0.29) is 17.3 Å². The first-order valence-electron chi connectivity index (χ1n) is 15.9. The first kappa shape index (κ1) is 29.1. The zero-order valence-corrected chi connectivity index (χ0v) is 25.8. The molecule has 4 nitrogen and oxygen atoms in total. The Morgan fingerprint density at radius 2 is 1.56 bits per heavy atom. The molecule has 222 valence electrons. The van der Waals surface area contributed by atoms with E-state index < -0.39 is 26.8 Å². The molecule has 7 unspecified atom stereocenters. The van der Waals surface area contributed by atoms with Gasteiger partial charge < -0.3 is 10.2 Å². The molecule has 0 bridgehead atoms. The van der Waals surface area contributed by atoms with E-state index in [9.17, 15) is 18.6 Å². The van der Waals surface area contributed by atoms with Gasteiger partial charge in [-0.1, -0.05) is 74.0 Å². The number of benzene rings is 2. The summed E-state index contributed by atoms with van der Waals surface area (Å²) < 4.78 is 28.2. The Balaban J connectivity index is 1.26. The highest BCUT2D eigenvalue weighted by Gasteiger charge is 2.59. The van der Waals surface area contributed by atoms with Crippen molar-refractivity contribution >= 4 is 9.84 Å². The van der Waals surface area contributed by atoms with Crippen molar-refractivity contribution in [2.75, 3.05) is 0 Å². The van der Waals surface area contributed by atoms with Crippen molar-refractivity contribution in [2.24, 2.45) is 34.5 Å². The summed E-state index contributed by atoms with van der Waals surface area (Å²) in [5.74, 6) is 2.21. The summed E-state index contributed by atoms with van der Waals surface area (Å²) >= 11 is 0. The number of sulfone groups is 1. The minimum absolute atomic E-state index is 0.116. The molecule has 0 aliphatic heterocycles. The van der Waals surface area contributed by atoms with Gasteiger partial charge in [0.1, 0.15) is 0 Å². The van der Waals surface area contributed by atoms with Gasteiger partial charge in [-0.05, 0) is 123 Å². The van der Waals surface area contributed by atoms with Crippen LogP contribution in [0, 0.1) is 34.5 Å². The van der Waals surface area contributed by atoms with Crippen LogP contribution in [0.3, 0.4) is 0 Å². The molecule has 3 saturated carbocycles. The summed E-state index contributed by atoms with van der Waals surface area (Å²) in [5.41, 5.74) is 1.98. The van der Waals surface area contributed by atoms with Gasteiger partial charge in [-0.2, -0.15) is 0 Å². The molecule has 0 radical (unpaired) electrons. The van der Waals surface area contributed by atoms with Crippen molar-refractivity contribution < 1.29 is 18.6 Å². The maximum Gasteiger partial charge on any atom is 0.181 e. The lowest BCUT2D eigenvalue weighted by Gasteiger charge is -2.59. The molecular weight excluding hydrogens is 528 g/mol. The number of aliphatic hydroxyl groups is 2. The summed E-state index contributed by atoms with van der Waals surface area (Å²) in [6.07, 6.45) is 10.9. The molecule has 4 aliphatic carbocycles. The molecule has 0 aromatic heterocycles. The molecule has 0 heterocycles. The maximum absolute atomic E-state index is 14.1. The van der Waals surface area contributed by atoms with Crippen molar-refractivity contribution in [1.29, 1.82) is 0 Å². The third-order valence-electron chi connectivity index (χ3n) is 12.3. The fourth-order valence-corrected chi connectivity index (χ4v) is 11.7. The van der Waals surface area contributed by atoms with E-state index in [4.69, 9.17) is 0 Å². The van der Waals surface area contributed by atoms with Crippen LogP contribution < -0.4 is 0 Å². The summed E-state index contributed by atoms with van der Waals surface area (Å²) in [6.45, 7) is 6.92. The summed E-state index contributed by atoms with van der Waals surface area (Å²) in [7, 11) is -3.61. The van der Waals surface area contributed by atoms with Crippen molar-refractivity contribution in [3.05, 3.63) is 77.9 Å². The Kier molecular flexibility index (Phi) is 7.56.